The number of nitrogens with zero attached hydrogens (tertiary/aromatic N) is 5. The van der Waals surface area contributed by atoms with Crippen molar-refractivity contribution in [2.45, 2.75) is 57.8 Å². The Hall–Kier alpha value is -5.37. The Kier molecular flexibility index (Phi) is 9.11. The van der Waals surface area contributed by atoms with Gasteiger partial charge in [0.2, 0.25) is 11.8 Å². The number of carbonyl (C=O) groups excluding carboxylic acids is 4. The molecule has 3 aromatic rings. The standard InChI is InChI=1S/C40H47N7O7/c1-41-39(52)45-12-9-27-29(19-43(2)37(50)30(27)21-45)25-15-33(53-3)31(34(16-25)54-4)20-44-13-10-40(11-14-44)22-46(23-40)26-6-5-24-18-47(38(51)28(24)17-26)32-7-8-35(48)42-36(32)49/h5-6,15-17,19,32H,7-14,18,20-23H2,1-4H3,(H,41,52)(H,42,48,49). The minimum atomic E-state index is -0.615. The second-order valence-corrected chi connectivity index (χ2v) is 15.4. The van der Waals surface area contributed by atoms with Crippen molar-refractivity contribution in [3.05, 3.63) is 74.7 Å². The Morgan fingerprint density at radius 3 is 2.31 bits per heavy atom. The van der Waals surface area contributed by atoms with Gasteiger partial charge < -0.3 is 34.1 Å². The molecule has 1 aromatic heterocycles. The van der Waals surface area contributed by atoms with E-state index in [9.17, 15) is 24.0 Å². The molecule has 8 rings (SSSR count). The van der Waals surface area contributed by atoms with Crippen LogP contribution in [0.2, 0.25) is 0 Å². The SMILES string of the molecule is CNC(=O)N1CCc2c(-c3cc(OC)c(CN4CCC5(CC4)CN(c4ccc6c(c4)C(=O)N(C4CCC(=O)NC4=O)C6)C5)c(OC)c3)cn(C)c(=O)c2C1. The first kappa shape index (κ1) is 35.6. The maximum atomic E-state index is 13.4. The van der Waals surface area contributed by atoms with Crippen LogP contribution < -0.4 is 30.6 Å². The van der Waals surface area contributed by atoms with Gasteiger partial charge in [0, 0.05) is 87.2 Å². The third-order valence-corrected chi connectivity index (χ3v) is 12.2. The monoisotopic (exact) mass is 737 g/mol. The molecule has 0 radical (unpaired) electrons. The van der Waals surface area contributed by atoms with E-state index in [0.29, 0.717) is 43.6 Å². The molecule has 14 heteroatoms. The number of hydrogen-bond acceptors (Lipinski definition) is 9. The van der Waals surface area contributed by atoms with Crippen LogP contribution in [0.15, 0.2) is 41.3 Å². The smallest absolute Gasteiger partial charge is 0.317 e. The van der Waals surface area contributed by atoms with E-state index in [-0.39, 0.29) is 41.8 Å². The van der Waals surface area contributed by atoms with Gasteiger partial charge in [0.15, 0.2) is 0 Å². The number of methoxy groups -OCH3 is 2. The van der Waals surface area contributed by atoms with Crippen molar-refractivity contribution in [1.82, 2.24) is 29.9 Å². The van der Waals surface area contributed by atoms with Crippen LogP contribution in [0.3, 0.4) is 0 Å². The summed E-state index contributed by atoms with van der Waals surface area (Å²) in [5.41, 5.74) is 7.09. The first-order chi connectivity index (χ1) is 26.0. The number of carbonyl (C=O) groups is 4. The highest BCUT2D eigenvalue weighted by Gasteiger charge is 2.46. The van der Waals surface area contributed by atoms with Crippen molar-refractivity contribution in [2.24, 2.45) is 12.5 Å². The lowest BCUT2D eigenvalue weighted by molar-refractivity contribution is -0.136. The van der Waals surface area contributed by atoms with E-state index >= 15 is 0 Å². The van der Waals surface area contributed by atoms with Crippen LogP contribution in [-0.2, 0) is 42.7 Å². The van der Waals surface area contributed by atoms with Gasteiger partial charge in [0.25, 0.3) is 11.5 Å². The molecule has 5 aliphatic rings. The quantitative estimate of drug-likeness (QED) is 0.350. The van der Waals surface area contributed by atoms with E-state index in [1.165, 1.54) is 0 Å². The van der Waals surface area contributed by atoms with Gasteiger partial charge in [-0.05, 0) is 79.7 Å². The lowest BCUT2D eigenvalue weighted by Gasteiger charge is -2.55. The van der Waals surface area contributed by atoms with Gasteiger partial charge in [-0.3, -0.25) is 29.4 Å². The fraction of sp³-hybridized carbons (Fsp3) is 0.475. The van der Waals surface area contributed by atoms with Crippen LogP contribution in [0.25, 0.3) is 11.1 Å². The highest BCUT2D eigenvalue weighted by Crippen LogP contribution is 2.45. The summed E-state index contributed by atoms with van der Waals surface area (Å²) in [5, 5.41) is 5.04. The number of imide groups is 1. The molecule has 6 heterocycles. The van der Waals surface area contributed by atoms with Gasteiger partial charge >= 0.3 is 6.03 Å². The molecule has 1 spiro atoms. The van der Waals surface area contributed by atoms with Gasteiger partial charge in [-0.1, -0.05) is 6.07 Å². The average molecular weight is 738 g/mol. The number of ether oxygens (including phenoxy) is 2. The van der Waals surface area contributed by atoms with Crippen molar-refractivity contribution in [2.75, 3.05) is 58.9 Å². The minimum Gasteiger partial charge on any atom is -0.496 e. The zero-order chi connectivity index (χ0) is 37.9. The predicted octanol–water partition coefficient (Wildman–Crippen LogP) is 2.63. The largest absolute Gasteiger partial charge is 0.496 e. The van der Waals surface area contributed by atoms with E-state index in [1.54, 1.807) is 42.7 Å². The Labute approximate surface area is 314 Å². The highest BCUT2D eigenvalue weighted by atomic mass is 16.5. The maximum Gasteiger partial charge on any atom is 0.317 e. The zero-order valence-electron chi connectivity index (χ0n) is 31.3. The van der Waals surface area contributed by atoms with E-state index in [4.69, 9.17) is 9.47 Å². The number of nitrogens with one attached hydrogen (secondary N) is 2. The molecule has 14 nitrogen and oxygen atoms in total. The molecule has 1 unspecified atom stereocenters. The number of urea groups is 1. The minimum absolute atomic E-state index is 0.101. The van der Waals surface area contributed by atoms with Gasteiger partial charge in [-0.2, -0.15) is 0 Å². The van der Waals surface area contributed by atoms with Crippen LogP contribution in [0, 0.1) is 5.41 Å². The van der Waals surface area contributed by atoms with Gasteiger partial charge in [0.1, 0.15) is 17.5 Å². The summed E-state index contributed by atoms with van der Waals surface area (Å²) in [6, 6.07) is 9.30. The van der Waals surface area contributed by atoms with E-state index in [2.05, 4.69) is 26.5 Å². The predicted molar refractivity (Wildman–Crippen MR) is 200 cm³/mol. The summed E-state index contributed by atoms with van der Waals surface area (Å²) in [5.74, 6) is 0.631. The van der Waals surface area contributed by atoms with Crippen LogP contribution >= 0.6 is 0 Å². The molecule has 3 saturated heterocycles. The molecule has 1 atom stereocenters. The van der Waals surface area contributed by atoms with E-state index in [1.807, 2.05) is 30.5 Å². The first-order valence-corrected chi connectivity index (χ1v) is 18.7. The summed E-state index contributed by atoms with van der Waals surface area (Å²) in [4.78, 5) is 71.1. The van der Waals surface area contributed by atoms with E-state index in [0.717, 1.165) is 84.0 Å². The zero-order valence-corrected chi connectivity index (χ0v) is 31.3. The second kappa shape index (κ2) is 13.8. The summed E-state index contributed by atoms with van der Waals surface area (Å²) in [6.45, 7) is 5.56. The number of rotatable bonds is 7. The molecule has 3 fully saturated rings. The van der Waals surface area contributed by atoms with Crippen LogP contribution in [-0.4, -0.2) is 103 Å². The lowest BCUT2D eigenvalue weighted by Crippen LogP contribution is -2.60. The van der Waals surface area contributed by atoms with Gasteiger partial charge in [0.05, 0.1) is 26.3 Å². The first-order valence-electron chi connectivity index (χ1n) is 18.7. The van der Waals surface area contributed by atoms with Crippen LogP contribution in [0.1, 0.15) is 58.3 Å². The normalized spacial score (nSPS) is 20.7. The molecular weight excluding hydrogens is 690 g/mol. The van der Waals surface area contributed by atoms with Gasteiger partial charge in [-0.15, -0.1) is 0 Å². The molecule has 2 N–H and O–H groups in total. The highest BCUT2D eigenvalue weighted by molar-refractivity contribution is 6.05. The number of likely N-dealkylation sites (tertiary alicyclic amines) is 1. The Balaban J connectivity index is 0.928. The molecule has 0 saturated carbocycles. The van der Waals surface area contributed by atoms with Crippen LogP contribution in [0.5, 0.6) is 11.5 Å². The molecule has 54 heavy (non-hydrogen) atoms. The fourth-order valence-corrected chi connectivity index (χ4v) is 9.09. The summed E-state index contributed by atoms with van der Waals surface area (Å²) in [6.07, 6.45) is 5.14. The molecule has 2 aromatic carbocycles. The average Bonchev–Trinajstić information content (AvgIpc) is 3.49. The number of hydrogen-bond donors (Lipinski definition) is 2. The summed E-state index contributed by atoms with van der Waals surface area (Å²) in [7, 11) is 6.68. The Bertz CT molecular complexity index is 2090. The third-order valence-electron chi connectivity index (χ3n) is 12.2. The number of amides is 5. The number of fused-ring (bicyclic) bond motifs is 2. The number of aryl methyl sites for hydroxylation is 1. The van der Waals surface area contributed by atoms with Crippen LogP contribution in [0.4, 0.5) is 10.5 Å². The van der Waals surface area contributed by atoms with Crippen molar-refractivity contribution in [1.29, 1.82) is 0 Å². The van der Waals surface area contributed by atoms with Crippen molar-refractivity contribution < 1.29 is 28.7 Å². The second-order valence-electron chi connectivity index (χ2n) is 15.4. The number of aromatic nitrogens is 1. The number of piperidine rings is 2. The summed E-state index contributed by atoms with van der Waals surface area (Å²) >= 11 is 0. The van der Waals surface area contributed by atoms with Gasteiger partial charge in [-0.25, -0.2) is 4.79 Å². The maximum absolute atomic E-state index is 13.4. The summed E-state index contributed by atoms with van der Waals surface area (Å²) < 4.78 is 13.5. The molecule has 284 valence electrons. The number of benzene rings is 2. The van der Waals surface area contributed by atoms with Crippen molar-refractivity contribution in [3.63, 3.8) is 0 Å². The molecule has 0 bridgehead atoms. The number of anilines is 1. The molecule has 5 aliphatic heterocycles. The molecule has 0 aliphatic carbocycles. The third kappa shape index (κ3) is 6.15. The van der Waals surface area contributed by atoms with Crippen molar-refractivity contribution >= 4 is 29.4 Å². The fourth-order valence-electron chi connectivity index (χ4n) is 9.09. The Morgan fingerprint density at radius 2 is 1.65 bits per heavy atom. The molecule has 5 amide bonds. The Morgan fingerprint density at radius 1 is 0.926 bits per heavy atom. The van der Waals surface area contributed by atoms with Crippen molar-refractivity contribution in [3.8, 4) is 22.6 Å². The topological polar surface area (TPSA) is 146 Å². The van der Waals surface area contributed by atoms with E-state index < -0.39 is 11.9 Å². The lowest BCUT2D eigenvalue weighted by atomic mass is 9.71. The molecular formula is C40H47N7O7. The number of pyridine rings is 1.